The number of nitrogens with zero attached hydrogens (tertiary/aromatic N) is 3. The molecule has 0 unspecified atom stereocenters. The zero-order valence-electron chi connectivity index (χ0n) is 10.3. The van der Waals surface area contributed by atoms with Gasteiger partial charge < -0.3 is 10.1 Å². The van der Waals surface area contributed by atoms with Crippen molar-refractivity contribution in [3.8, 4) is 17.9 Å². The predicted octanol–water partition coefficient (Wildman–Crippen LogP) is 0.875. The third kappa shape index (κ3) is 4.27. The fourth-order valence-corrected chi connectivity index (χ4v) is 1.30. The highest BCUT2D eigenvalue weighted by atomic mass is 16.6. The van der Waals surface area contributed by atoms with E-state index in [0.29, 0.717) is 0 Å². The van der Waals surface area contributed by atoms with E-state index in [0.717, 1.165) is 6.07 Å². The first-order valence-corrected chi connectivity index (χ1v) is 5.53. The van der Waals surface area contributed by atoms with Crippen LogP contribution in [0.25, 0.3) is 0 Å². The Bertz CT molecular complexity index is 600. The molecule has 1 N–H and O–H groups in total. The lowest BCUT2D eigenvalue weighted by Gasteiger charge is -2.07. The number of carbonyl (C=O) groups is 1. The number of nitrogens with one attached hydrogen (secondary N) is 1. The van der Waals surface area contributed by atoms with Crippen LogP contribution in [0.4, 0.5) is 5.69 Å². The van der Waals surface area contributed by atoms with Crippen molar-refractivity contribution in [3.63, 3.8) is 0 Å². The Morgan fingerprint density at radius 3 is 2.80 bits per heavy atom. The lowest BCUT2D eigenvalue weighted by atomic mass is 10.2. The molecule has 0 bridgehead atoms. The fraction of sp³-hybridized carbons (Fsp3) is 0.250. The number of hydrogen-bond donors (Lipinski definition) is 1. The lowest BCUT2D eigenvalue weighted by molar-refractivity contribution is -0.385. The van der Waals surface area contributed by atoms with Gasteiger partial charge in [-0.05, 0) is 12.1 Å². The molecule has 1 amide bonds. The Balaban J connectivity index is 2.69. The number of carbonyl (C=O) groups excluding carboxylic acids is 1. The Kier molecular flexibility index (Phi) is 5.48. The number of ether oxygens (including phenoxy) is 1. The van der Waals surface area contributed by atoms with Crippen molar-refractivity contribution in [1.82, 2.24) is 5.32 Å². The summed E-state index contributed by atoms with van der Waals surface area (Å²) in [4.78, 5) is 21.5. The van der Waals surface area contributed by atoms with E-state index in [1.807, 2.05) is 6.07 Å². The van der Waals surface area contributed by atoms with E-state index in [1.165, 1.54) is 12.1 Å². The highest BCUT2D eigenvalue weighted by Gasteiger charge is 2.17. The Morgan fingerprint density at radius 2 is 2.20 bits per heavy atom. The predicted molar refractivity (Wildman–Crippen MR) is 66.5 cm³/mol. The lowest BCUT2D eigenvalue weighted by Crippen LogP contribution is -2.29. The normalized spacial score (nSPS) is 9.10. The summed E-state index contributed by atoms with van der Waals surface area (Å²) in [6, 6.07) is 7.33. The van der Waals surface area contributed by atoms with Crippen molar-refractivity contribution in [3.05, 3.63) is 33.9 Å². The third-order valence-corrected chi connectivity index (χ3v) is 2.20. The summed E-state index contributed by atoms with van der Waals surface area (Å²) < 4.78 is 5.04. The minimum absolute atomic E-state index is 0.0931. The minimum atomic E-state index is -0.691. The quantitative estimate of drug-likeness (QED) is 0.465. The largest absolute Gasteiger partial charge is 0.477 e. The average molecular weight is 274 g/mol. The van der Waals surface area contributed by atoms with Crippen LogP contribution in [-0.2, 0) is 4.79 Å². The van der Waals surface area contributed by atoms with E-state index >= 15 is 0 Å². The summed E-state index contributed by atoms with van der Waals surface area (Å²) in [5.41, 5.74) is -0.253. The third-order valence-electron chi connectivity index (χ3n) is 2.20. The van der Waals surface area contributed by atoms with Gasteiger partial charge in [-0.25, -0.2) is 0 Å². The summed E-state index contributed by atoms with van der Waals surface area (Å²) in [5, 5.41) is 30.2. The molecule has 0 saturated heterocycles. The van der Waals surface area contributed by atoms with Gasteiger partial charge in [0.15, 0.2) is 12.4 Å². The molecular formula is C12H10N4O4. The van der Waals surface area contributed by atoms with Crippen molar-refractivity contribution < 1.29 is 14.5 Å². The second kappa shape index (κ2) is 7.34. The molecular weight excluding hydrogens is 264 g/mol. The van der Waals surface area contributed by atoms with Crippen LogP contribution >= 0.6 is 0 Å². The van der Waals surface area contributed by atoms with Crippen LogP contribution in [-0.4, -0.2) is 24.0 Å². The number of nitro groups is 1. The van der Waals surface area contributed by atoms with E-state index in [4.69, 9.17) is 15.3 Å². The number of nitriles is 2. The van der Waals surface area contributed by atoms with Gasteiger partial charge in [0, 0.05) is 12.6 Å². The molecule has 20 heavy (non-hydrogen) atoms. The van der Waals surface area contributed by atoms with Gasteiger partial charge >= 0.3 is 5.69 Å². The van der Waals surface area contributed by atoms with Gasteiger partial charge in [0.2, 0.25) is 0 Å². The molecule has 1 rings (SSSR count). The Hall–Kier alpha value is -3.13. The molecule has 8 nitrogen and oxygen atoms in total. The van der Waals surface area contributed by atoms with Crippen LogP contribution in [0.3, 0.4) is 0 Å². The van der Waals surface area contributed by atoms with Crippen LogP contribution < -0.4 is 10.1 Å². The second-order valence-electron chi connectivity index (χ2n) is 3.60. The maximum Gasteiger partial charge on any atom is 0.312 e. The molecule has 0 radical (unpaired) electrons. The first kappa shape index (κ1) is 14.9. The second-order valence-corrected chi connectivity index (χ2v) is 3.60. The zero-order chi connectivity index (χ0) is 15.0. The first-order valence-electron chi connectivity index (χ1n) is 5.53. The van der Waals surface area contributed by atoms with Crippen molar-refractivity contribution in [2.45, 2.75) is 6.42 Å². The standard InChI is InChI=1S/C12H10N4O4/c13-4-1-5-15-12(17)8-20-11-3-2-9(7-14)6-10(11)16(18)19/h2-3,6H,1,5,8H2,(H,15,17). The highest BCUT2D eigenvalue weighted by molar-refractivity contribution is 5.77. The van der Waals surface area contributed by atoms with Crippen LogP contribution in [0.15, 0.2) is 18.2 Å². The molecule has 0 atom stereocenters. The number of amides is 1. The fourth-order valence-electron chi connectivity index (χ4n) is 1.30. The molecule has 0 spiro atoms. The zero-order valence-corrected chi connectivity index (χ0v) is 10.3. The summed E-state index contributed by atoms with van der Waals surface area (Å²) in [5.74, 6) is -0.580. The van der Waals surface area contributed by atoms with Gasteiger partial charge in [0.05, 0.1) is 29.0 Å². The molecule has 102 valence electrons. The van der Waals surface area contributed by atoms with Crippen molar-refractivity contribution in [2.24, 2.45) is 0 Å². The summed E-state index contributed by atoms with van der Waals surface area (Å²) in [6.07, 6.45) is 0.169. The number of benzene rings is 1. The summed E-state index contributed by atoms with van der Waals surface area (Å²) >= 11 is 0. The van der Waals surface area contributed by atoms with E-state index in [-0.39, 0.29) is 30.0 Å². The van der Waals surface area contributed by atoms with E-state index in [1.54, 1.807) is 6.07 Å². The Morgan fingerprint density at radius 1 is 1.45 bits per heavy atom. The van der Waals surface area contributed by atoms with Crippen LogP contribution in [0.1, 0.15) is 12.0 Å². The van der Waals surface area contributed by atoms with Crippen molar-refractivity contribution in [2.75, 3.05) is 13.2 Å². The van der Waals surface area contributed by atoms with Crippen LogP contribution in [0.2, 0.25) is 0 Å². The first-order chi connectivity index (χ1) is 9.58. The Labute approximate surface area is 114 Å². The maximum atomic E-state index is 11.3. The van der Waals surface area contributed by atoms with Gasteiger partial charge in [0.25, 0.3) is 5.91 Å². The molecule has 8 heteroatoms. The molecule has 0 aliphatic carbocycles. The number of hydrogen-bond acceptors (Lipinski definition) is 6. The van der Waals surface area contributed by atoms with Gasteiger partial charge in [-0.1, -0.05) is 0 Å². The minimum Gasteiger partial charge on any atom is -0.477 e. The van der Waals surface area contributed by atoms with Crippen LogP contribution in [0, 0.1) is 32.8 Å². The molecule has 0 aliphatic heterocycles. The molecule has 0 aliphatic rings. The monoisotopic (exact) mass is 274 g/mol. The molecule has 1 aromatic rings. The maximum absolute atomic E-state index is 11.3. The summed E-state index contributed by atoms with van der Waals surface area (Å²) in [7, 11) is 0. The number of rotatable bonds is 6. The SMILES string of the molecule is N#CCCNC(=O)COc1ccc(C#N)cc1[N+](=O)[O-]. The molecule has 0 heterocycles. The van der Waals surface area contributed by atoms with Gasteiger partial charge in [0.1, 0.15) is 0 Å². The molecule has 1 aromatic carbocycles. The molecule has 0 saturated carbocycles. The topological polar surface area (TPSA) is 129 Å². The highest BCUT2D eigenvalue weighted by Crippen LogP contribution is 2.27. The van der Waals surface area contributed by atoms with Crippen LogP contribution in [0.5, 0.6) is 5.75 Å². The summed E-state index contributed by atoms with van der Waals surface area (Å²) in [6.45, 7) is -0.216. The molecule has 0 fully saturated rings. The van der Waals surface area contributed by atoms with E-state index in [2.05, 4.69) is 5.32 Å². The van der Waals surface area contributed by atoms with Gasteiger partial charge in [-0.15, -0.1) is 0 Å². The average Bonchev–Trinajstić information content (AvgIpc) is 2.45. The van der Waals surface area contributed by atoms with Gasteiger partial charge in [-0.3, -0.25) is 14.9 Å². The van der Waals surface area contributed by atoms with E-state index in [9.17, 15) is 14.9 Å². The number of nitro benzene ring substituents is 1. The van der Waals surface area contributed by atoms with E-state index < -0.39 is 17.4 Å². The smallest absolute Gasteiger partial charge is 0.312 e. The molecule has 0 aromatic heterocycles. The van der Waals surface area contributed by atoms with Gasteiger partial charge in [-0.2, -0.15) is 10.5 Å². The van der Waals surface area contributed by atoms with Crippen molar-refractivity contribution >= 4 is 11.6 Å². The van der Waals surface area contributed by atoms with Crippen molar-refractivity contribution in [1.29, 1.82) is 10.5 Å².